The Morgan fingerprint density at radius 3 is 2.43 bits per heavy atom. The van der Waals surface area contributed by atoms with Crippen LogP contribution in [0.15, 0.2) is 29.2 Å². The van der Waals surface area contributed by atoms with Gasteiger partial charge in [0, 0.05) is 4.90 Å². The number of carbonyl (C=O) groups is 1. The number of carboxylic acid groups (broad SMARTS) is 1. The SMILES string of the molecule is O=C(O)COc1ccc(S(=O)[O-])cc1. The molecule has 0 aromatic heterocycles. The van der Waals surface area contributed by atoms with Crippen molar-refractivity contribution in [1.82, 2.24) is 0 Å². The topological polar surface area (TPSA) is 86.7 Å². The zero-order chi connectivity index (χ0) is 10.6. The molecule has 0 heterocycles. The van der Waals surface area contributed by atoms with Crippen LogP contribution >= 0.6 is 0 Å². The number of carboxylic acids is 1. The largest absolute Gasteiger partial charge is 0.768 e. The van der Waals surface area contributed by atoms with Crippen molar-refractivity contribution < 1.29 is 23.4 Å². The van der Waals surface area contributed by atoms with Crippen LogP contribution in [0.3, 0.4) is 0 Å². The van der Waals surface area contributed by atoms with Gasteiger partial charge in [-0.3, -0.25) is 4.21 Å². The van der Waals surface area contributed by atoms with E-state index in [-0.39, 0.29) is 4.90 Å². The lowest BCUT2D eigenvalue weighted by molar-refractivity contribution is -0.139. The van der Waals surface area contributed by atoms with Crippen molar-refractivity contribution in [2.24, 2.45) is 0 Å². The van der Waals surface area contributed by atoms with E-state index in [1.54, 1.807) is 0 Å². The molecule has 5 nitrogen and oxygen atoms in total. The Bertz CT molecular complexity index is 345. The van der Waals surface area contributed by atoms with Gasteiger partial charge in [0.15, 0.2) is 6.61 Å². The second-order valence-corrected chi connectivity index (χ2v) is 3.33. The highest BCUT2D eigenvalue weighted by atomic mass is 32.2. The highest BCUT2D eigenvalue weighted by Gasteiger charge is 1.99. The van der Waals surface area contributed by atoms with Crippen LogP contribution in [0.1, 0.15) is 0 Å². The first-order valence-corrected chi connectivity index (χ1v) is 4.71. The molecule has 1 N–H and O–H groups in total. The van der Waals surface area contributed by atoms with Gasteiger partial charge >= 0.3 is 5.97 Å². The maximum atomic E-state index is 10.4. The molecule has 1 aromatic rings. The van der Waals surface area contributed by atoms with Gasteiger partial charge in [0.25, 0.3) is 0 Å². The van der Waals surface area contributed by atoms with Crippen LogP contribution < -0.4 is 4.74 Å². The molecule has 1 unspecified atom stereocenters. The van der Waals surface area contributed by atoms with Crippen LogP contribution in [0.25, 0.3) is 0 Å². The van der Waals surface area contributed by atoms with Gasteiger partial charge in [0.1, 0.15) is 5.75 Å². The van der Waals surface area contributed by atoms with Crippen molar-refractivity contribution in [2.75, 3.05) is 6.61 Å². The van der Waals surface area contributed by atoms with E-state index in [0.717, 1.165) is 0 Å². The van der Waals surface area contributed by atoms with Gasteiger partial charge in [-0.05, 0) is 35.3 Å². The second kappa shape index (κ2) is 4.73. The first-order chi connectivity index (χ1) is 6.59. The molecule has 0 aliphatic heterocycles. The van der Waals surface area contributed by atoms with Crippen LogP contribution in [0.2, 0.25) is 0 Å². The summed E-state index contributed by atoms with van der Waals surface area (Å²) in [5, 5.41) is 8.29. The fraction of sp³-hybridized carbons (Fsp3) is 0.125. The fourth-order valence-electron chi connectivity index (χ4n) is 0.792. The molecule has 6 heteroatoms. The summed E-state index contributed by atoms with van der Waals surface area (Å²) in [7, 11) is 0. The Morgan fingerprint density at radius 2 is 2.00 bits per heavy atom. The molecule has 0 spiro atoms. The van der Waals surface area contributed by atoms with E-state index in [4.69, 9.17) is 9.84 Å². The number of rotatable bonds is 4. The fourth-order valence-corrected chi connectivity index (χ4v) is 1.15. The molecule has 0 amide bonds. The second-order valence-electron chi connectivity index (χ2n) is 2.39. The zero-order valence-corrected chi connectivity index (χ0v) is 7.82. The van der Waals surface area contributed by atoms with Crippen molar-refractivity contribution in [1.29, 1.82) is 0 Å². The first kappa shape index (κ1) is 10.7. The summed E-state index contributed by atoms with van der Waals surface area (Å²) in [6.45, 7) is -0.445. The van der Waals surface area contributed by atoms with Crippen LogP contribution in [-0.4, -0.2) is 26.4 Å². The van der Waals surface area contributed by atoms with E-state index in [0.29, 0.717) is 5.75 Å². The molecule has 76 valence electrons. The number of hydrogen-bond acceptors (Lipinski definition) is 4. The summed E-state index contributed by atoms with van der Waals surface area (Å²) >= 11 is -2.27. The normalized spacial score (nSPS) is 12.1. The van der Waals surface area contributed by atoms with Crippen molar-refractivity contribution in [3.8, 4) is 5.75 Å². The van der Waals surface area contributed by atoms with Crippen molar-refractivity contribution in [2.45, 2.75) is 4.90 Å². The molecule has 0 fully saturated rings. The van der Waals surface area contributed by atoms with E-state index in [1.165, 1.54) is 24.3 Å². The van der Waals surface area contributed by atoms with Crippen molar-refractivity contribution >= 4 is 17.0 Å². The van der Waals surface area contributed by atoms with Crippen LogP contribution in [0.5, 0.6) is 5.75 Å². The third-order valence-electron chi connectivity index (χ3n) is 1.38. The summed E-state index contributed by atoms with van der Waals surface area (Å²) in [5.74, 6) is -0.761. The molecule has 0 bridgehead atoms. The Hall–Kier alpha value is -1.40. The van der Waals surface area contributed by atoms with Crippen LogP contribution in [0.4, 0.5) is 0 Å². The minimum Gasteiger partial charge on any atom is -0.768 e. The van der Waals surface area contributed by atoms with Crippen LogP contribution in [0, 0.1) is 0 Å². The Labute approximate surface area is 82.6 Å². The molecule has 1 atom stereocenters. The number of aliphatic carboxylic acids is 1. The van der Waals surface area contributed by atoms with Crippen LogP contribution in [-0.2, 0) is 15.9 Å². The number of hydrogen-bond donors (Lipinski definition) is 1. The Balaban J connectivity index is 2.64. The lowest BCUT2D eigenvalue weighted by atomic mass is 10.3. The molecule has 0 aliphatic rings. The van der Waals surface area contributed by atoms with Crippen molar-refractivity contribution in [3.63, 3.8) is 0 Å². The first-order valence-electron chi connectivity index (χ1n) is 3.63. The van der Waals surface area contributed by atoms with E-state index in [2.05, 4.69) is 0 Å². The Morgan fingerprint density at radius 1 is 1.43 bits per heavy atom. The van der Waals surface area contributed by atoms with Crippen molar-refractivity contribution in [3.05, 3.63) is 24.3 Å². The maximum absolute atomic E-state index is 10.4. The molecule has 1 aromatic carbocycles. The molecule has 1 rings (SSSR count). The van der Waals surface area contributed by atoms with Gasteiger partial charge in [0.05, 0.1) is 0 Å². The maximum Gasteiger partial charge on any atom is 0.341 e. The summed E-state index contributed by atoms with van der Waals surface area (Å²) < 4.78 is 25.7. The molecule has 0 saturated heterocycles. The van der Waals surface area contributed by atoms with Gasteiger partial charge < -0.3 is 14.4 Å². The highest BCUT2D eigenvalue weighted by Crippen LogP contribution is 2.13. The summed E-state index contributed by atoms with van der Waals surface area (Å²) in [4.78, 5) is 10.3. The molecular formula is C8H7O5S-. The average Bonchev–Trinajstić information content (AvgIpc) is 2.15. The highest BCUT2D eigenvalue weighted by molar-refractivity contribution is 7.79. The lowest BCUT2D eigenvalue weighted by Gasteiger charge is -2.06. The van der Waals surface area contributed by atoms with E-state index >= 15 is 0 Å². The van der Waals surface area contributed by atoms with Gasteiger partial charge in [-0.1, -0.05) is 0 Å². The van der Waals surface area contributed by atoms with Gasteiger partial charge in [-0.2, -0.15) is 0 Å². The monoisotopic (exact) mass is 215 g/mol. The minimum absolute atomic E-state index is 0.132. The zero-order valence-electron chi connectivity index (χ0n) is 7.00. The molecule has 14 heavy (non-hydrogen) atoms. The predicted molar refractivity (Wildman–Crippen MR) is 46.8 cm³/mol. The summed E-state index contributed by atoms with van der Waals surface area (Å²) in [5.41, 5.74) is 0. The third-order valence-corrected chi connectivity index (χ3v) is 2.04. The number of ether oxygens (including phenoxy) is 1. The van der Waals surface area contributed by atoms with Gasteiger partial charge in [-0.25, -0.2) is 4.79 Å². The predicted octanol–water partition coefficient (Wildman–Crippen LogP) is 0.388. The smallest absolute Gasteiger partial charge is 0.341 e. The standard InChI is InChI=1S/C8H8O5S/c9-8(10)5-13-6-1-3-7(4-2-6)14(11)12/h1-4H,5H2,(H,9,10)(H,11,12)/p-1. The van der Waals surface area contributed by atoms with E-state index < -0.39 is 23.7 Å². The summed E-state index contributed by atoms with van der Waals surface area (Å²) in [6, 6.07) is 5.46. The van der Waals surface area contributed by atoms with E-state index in [9.17, 15) is 13.6 Å². The van der Waals surface area contributed by atoms with E-state index in [1.807, 2.05) is 0 Å². The number of benzene rings is 1. The average molecular weight is 215 g/mol. The molecular weight excluding hydrogens is 208 g/mol. The van der Waals surface area contributed by atoms with Gasteiger partial charge in [-0.15, -0.1) is 0 Å². The molecule has 0 radical (unpaired) electrons. The summed E-state index contributed by atoms with van der Waals surface area (Å²) in [6.07, 6.45) is 0. The Kier molecular flexibility index (Phi) is 3.61. The molecule has 0 aliphatic carbocycles. The molecule has 0 saturated carbocycles. The lowest BCUT2D eigenvalue weighted by Crippen LogP contribution is -2.09. The minimum atomic E-state index is -2.27. The third kappa shape index (κ3) is 3.15. The van der Waals surface area contributed by atoms with Gasteiger partial charge in [0.2, 0.25) is 0 Å². The quantitative estimate of drug-likeness (QED) is 0.734.